The van der Waals surface area contributed by atoms with Gasteiger partial charge in [0.15, 0.2) is 0 Å². The van der Waals surface area contributed by atoms with Crippen LogP contribution in [0.2, 0.25) is 0 Å². The zero-order valence-corrected chi connectivity index (χ0v) is 19.5. The summed E-state index contributed by atoms with van der Waals surface area (Å²) in [5, 5.41) is 13.8. The molecule has 1 aromatic carbocycles. The fourth-order valence-electron chi connectivity index (χ4n) is 5.10. The molecule has 1 aromatic heterocycles. The predicted molar refractivity (Wildman–Crippen MR) is 124 cm³/mol. The van der Waals surface area contributed by atoms with Crippen LogP contribution in [-0.2, 0) is 4.74 Å². The molecule has 3 heterocycles. The molecule has 176 valence electrons. The Bertz CT molecular complexity index is 1010. The molecule has 2 N–H and O–H groups in total. The monoisotopic (exact) mass is 444 g/mol. The van der Waals surface area contributed by atoms with E-state index in [-0.39, 0.29) is 17.8 Å². The first-order valence-electron chi connectivity index (χ1n) is 11.8. The maximum atomic E-state index is 13.1. The summed E-state index contributed by atoms with van der Waals surface area (Å²) in [5.41, 5.74) is 1.53. The van der Waals surface area contributed by atoms with Crippen molar-refractivity contribution in [3.8, 4) is 0 Å². The number of likely N-dealkylation sites (tertiary alicyclic amines) is 1. The van der Waals surface area contributed by atoms with Crippen molar-refractivity contribution in [1.82, 2.24) is 19.4 Å². The van der Waals surface area contributed by atoms with Crippen molar-refractivity contribution < 1.29 is 14.6 Å². The summed E-state index contributed by atoms with van der Waals surface area (Å²) < 4.78 is 8.35. The highest BCUT2D eigenvalue weighted by atomic mass is 16.5. The van der Waals surface area contributed by atoms with Crippen molar-refractivity contribution >= 4 is 17.1 Å². The van der Waals surface area contributed by atoms with Crippen LogP contribution < -0.4 is 11.0 Å². The second-order valence-electron chi connectivity index (χ2n) is 9.77. The number of piperidine rings is 1. The molecule has 32 heavy (non-hydrogen) atoms. The maximum absolute atomic E-state index is 13.1. The zero-order chi connectivity index (χ0) is 22.9. The first-order chi connectivity index (χ1) is 15.3. The van der Waals surface area contributed by atoms with Crippen LogP contribution >= 0.6 is 0 Å². The number of imidazole rings is 1. The predicted octanol–water partition coefficient (Wildman–Crippen LogP) is 2.50. The second-order valence-corrected chi connectivity index (χ2v) is 9.77. The number of amides is 1. The summed E-state index contributed by atoms with van der Waals surface area (Å²) in [5.74, 6) is 0.371. The average Bonchev–Trinajstić information content (AvgIpc) is 3.07. The molecule has 0 unspecified atom stereocenters. The lowest BCUT2D eigenvalue weighted by Crippen LogP contribution is -2.49. The van der Waals surface area contributed by atoms with Gasteiger partial charge in [-0.15, -0.1) is 0 Å². The van der Waals surface area contributed by atoms with Gasteiger partial charge in [-0.3, -0.25) is 4.57 Å². The third kappa shape index (κ3) is 4.63. The smallest absolute Gasteiger partial charge is 0.337 e. The number of ether oxygens (including phenoxy) is 1. The lowest BCUT2D eigenvalue weighted by atomic mass is 9.91. The number of rotatable bonds is 5. The van der Waals surface area contributed by atoms with Crippen molar-refractivity contribution in [3.05, 3.63) is 34.2 Å². The normalized spacial score (nSPS) is 20.2. The molecule has 2 aliphatic rings. The van der Waals surface area contributed by atoms with Gasteiger partial charge in [-0.1, -0.05) is 12.1 Å². The van der Waals surface area contributed by atoms with Crippen LogP contribution in [0.1, 0.15) is 51.1 Å². The molecule has 0 bridgehead atoms. The summed E-state index contributed by atoms with van der Waals surface area (Å²) in [6.45, 7) is 10.2. The van der Waals surface area contributed by atoms with Crippen molar-refractivity contribution in [2.45, 2.75) is 58.1 Å². The number of para-hydroxylation sites is 1. The molecule has 8 heteroatoms. The number of aromatic nitrogens is 2. The summed E-state index contributed by atoms with van der Waals surface area (Å²) >= 11 is 0. The van der Waals surface area contributed by atoms with Gasteiger partial charge in [-0.25, -0.2) is 14.2 Å². The van der Waals surface area contributed by atoms with Gasteiger partial charge in [0.2, 0.25) is 0 Å². The number of benzene rings is 1. The van der Waals surface area contributed by atoms with Crippen LogP contribution in [0.15, 0.2) is 23.0 Å². The van der Waals surface area contributed by atoms with Gasteiger partial charge in [0.25, 0.3) is 0 Å². The number of aryl methyl sites for hydroxylation is 1. The number of carbonyl (C=O) groups excluding carboxylic acids is 1. The molecule has 0 aliphatic carbocycles. The quantitative estimate of drug-likeness (QED) is 0.740. The molecule has 0 atom stereocenters. The van der Waals surface area contributed by atoms with E-state index in [1.807, 2.05) is 39.0 Å². The average molecular weight is 445 g/mol. The summed E-state index contributed by atoms with van der Waals surface area (Å²) in [6.07, 6.45) is 3.33. The molecule has 0 saturated carbocycles. The Morgan fingerprint density at radius 2 is 1.94 bits per heavy atom. The van der Waals surface area contributed by atoms with Gasteiger partial charge in [0.05, 0.1) is 16.6 Å². The molecule has 2 aliphatic heterocycles. The molecule has 8 nitrogen and oxygen atoms in total. The first kappa shape index (κ1) is 23.0. The molecule has 0 spiro atoms. The number of nitrogens with zero attached hydrogens (tertiary/aromatic N) is 3. The topological polar surface area (TPSA) is 88.7 Å². The molecule has 0 radical (unpaired) electrons. The summed E-state index contributed by atoms with van der Waals surface area (Å²) in [6, 6.07) is 5.29. The minimum absolute atomic E-state index is 0.0324. The van der Waals surface area contributed by atoms with Gasteiger partial charge in [0.1, 0.15) is 0 Å². The number of nitrogens with one attached hydrogen (secondary N) is 1. The van der Waals surface area contributed by atoms with E-state index in [1.165, 1.54) is 4.57 Å². The van der Waals surface area contributed by atoms with Crippen molar-refractivity contribution in [2.24, 2.45) is 5.92 Å². The van der Waals surface area contributed by atoms with Gasteiger partial charge in [-0.2, -0.15) is 0 Å². The lowest BCUT2D eigenvalue weighted by molar-refractivity contribution is -0.0829. The van der Waals surface area contributed by atoms with Crippen molar-refractivity contribution in [1.29, 1.82) is 0 Å². The molecule has 1 amide bonds. The van der Waals surface area contributed by atoms with E-state index in [0.29, 0.717) is 50.6 Å². The molecule has 2 fully saturated rings. The van der Waals surface area contributed by atoms with Crippen LogP contribution in [0.4, 0.5) is 4.79 Å². The van der Waals surface area contributed by atoms with E-state index in [4.69, 9.17) is 4.74 Å². The largest absolute Gasteiger partial charge is 0.388 e. The van der Waals surface area contributed by atoms with Gasteiger partial charge >= 0.3 is 11.7 Å². The minimum Gasteiger partial charge on any atom is -0.388 e. The van der Waals surface area contributed by atoms with Crippen LogP contribution in [0.3, 0.4) is 0 Å². The molecule has 2 aromatic rings. The van der Waals surface area contributed by atoms with Gasteiger partial charge < -0.3 is 20.1 Å². The molecule has 2 saturated heterocycles. The summed E-state index contributed by atoms with van der Waals surface area (Å²) in [7, 11) is 0. The molecule has 4 rings (SSSR count). The number of hydrogen-bond donors (Lipinski definition) is 2. The SMILES string of the molecule is Cc1cccc2c1n(C(C)C)c(=O)n2C(=O)NCC1CCN(CC2(O)CCOCC2)CC1. The van der Waals surface area contributed by atoms with E-state index in [2.05, 4.69) is 10.2 Å². The number of aliphatic hydroxyl groups is 1. The number of hydrogen-bond acceptors (Lipinski definition) is 5. The maximum Gasteiger partial charge on any atom is 0.337 e. The number of carbonyl (C=O) groups is 1. The Labute approximate surface area is 189 Å². The Kier molecular flexibility index (Phi) is 6.74. The Morgan fingerprint density at radius 3 is 2.59 bits per heavy atom. The van der Waals surface area contributed by atoms with E-state index in [1.54, 1.807) is 4.57 Å². The highest BCUT2D eigenvalue weighted by Gasteiger charge is 2.33. The fraction of sp³-hybridized carbons (Fsp3) is 0.667. The number of fused-ring (bicyclic) bond motifs is 1. The number of β-amino-alcohol motifs (C(OH)–C–C–N with tert-alkyl or cyclic N) is 1. The highest BCUT2D eigenvalue weighted by molar-refractivity contribution is 5.90. The second kappa shape index (κ2) is 9.37. The van der Waals surface area contributed by atoms with Crippen LogP contribution in [0.5, 0.6) is 0 Å². The Morgan fingerprint density at radius 1 is 1.25 bits per heavy atom. The third-order valence-corrected chi connectivity index (χ3v) is 7.01. The third-order valence-electron chi connectivity index (χ3n) is 7.01. The lowest BCUT2D eigenvalue weighted by Gasteiger charge is -2.39. The Hall–Kier alpha value is -2.16. The van der Waals surface area contributed by atoms with Gasteiger partial charge in [0, 0.05) is 45.2 Å². The molecular formula is C24H36N4O4. The Balaban J connectivity index is 1.37. The van der Waals surface area contributed by atoms with E-state index in [0.717, 1.165) is 37.0 Å². The van der Waals surface area contributed by atoms with E-state index in [9.17, 15) is 14.7 Å². The van der Waals surface area contributed by atoms with Crippen LogP contribution in [0, 0.1) is 12.8 Å². The van der Waals surface area contributed by atoms with E-state index >= 15 is 0 Å². The van der Waals surface area contributed by atoms with Crippen LogP contribution in [0.25, 0.3) is 11.0 Å². The van der Waals surface area contributed by atoms with Gasteiger partial charge in [-0.05, 0) is 64.3 Å². The molecular weight excluding hydrogens is 408 g/mol. The summed E-state index contributed by atoms with van der Waals surface area (Å²) in [4.78, 5) is 28.4. The van der Waals surface area contributed by atoms with Crippen molar-refractivity contribution in [2.75, 3.05) is 39.4 Å². The first-order valence-corrected chi connectivity index (χ1v) is 11.8. The van der Waals surface area contributed by atoms with E-state index < -0.39 is 5.60 Å². The van der Waals surface area contributed by atoms with Crippen molar-refractivity contribution in [3.63, 3.8) is 0 Å². The fourth-order valence-corrected chi connectivity index (χ4v) is 5.10. The highest BCUT2D eigenvalue weighted by Crippen LogP contribution is 2.25. The standard InChI is InChI=1S/C24H36N4O4/c1-17(2)27-21-18(3)5-4-6-20(21)28(23(27)30)22(29)25-15-19-7-11-26(12-8-19)16-24(31)9-13-32-14-10-24/h4-6,17,19,31H,7-16H2,1-3H3,(H,25,29). The zero-order valence-electron chi connectivity index (χ0n) is 19.5. The van der Waals surface area contributed by atoms with Crippen LogP contribution in [-0.4, -0.2) is 70.2 Å². The minimum atomic E-state index is -0.636.